The standard InChI is InChI=1S/C10H12ClNO3/c11-5-7(13)6-12-9-4-2-1-3-8(9)10(14)15/h1-4,7,12-13H,5-6H2,(H,14,15). The van der Waals surface area contributed by atoms with Crippen LogP contribution in [0, 0.1) is 0 Å². The summed E-state index contributed by atoms with van der Waals surface area (Å²) in [7, 11) is 0. The number of hydrogen-bond acceptors (Lipinski definition) is 3. The molecule has 0 saturated carbocycles. The van der Waals surface area contributed by atoms with Gasteiger partial charge in [0.1, 0.15) is 0 Å². The number of halogens is 1. The number of benzene rings is 1. The second kappa shape index (κ2) is 5.58. The lowest BCUT2D eigenvalue weighted by molar-refractivity contribution is 0.0697. The highest BCUT2D eigenvalue weighted by Crippen LogP contribution is 2.14. The summed E-state index contributed by atoms with van der Waals surface area (Å²) in [4.78, 5) is 10.8. The first-order valence-electron chi connectivity index (χ1n) is 4.45. The maximum Gasteiger partial charge on any atom is 0.337 e. The second-order valence-electron chi connectivity index (χ2n) is 3.04. The molecule has 0 amide bonds. The molecule has 0 saturated heterocycles. The molecule has 0 aliphatic heterocycles. The molecule has 3 N–H and O–H groups in total. The summed E-state index contributed by atoms with van der Waals surface area (Å²) in [6, 6.07) is 6.51. The van der Waals surface area contributed by atoms with Gasteiger partial charge in [-0.05, 0) is 12.1 Å². The Bertz CT molecular complexity index is 343. The predicted octanol–water partition coefficient (Wildman–Crippen LogP) is 1.40. The van der Waals surface area contributed by atoms with Gasteiger partial charge >= 0.3 is 5.97 Å². The van der Waals surface area contributed by atoms with Gasteiger partial charge in [0.25, 0.3) is 0 Å². The molecule has 15 heavy (non-hydrogen) atoms. The van der Waals surface area contributed by atoms with Gasteiger partial charge in [-0.15, -0.1) is 11.6 Å². The molecule has 1 aromatic rings. The SMILES string of the molecule is O=C(O)c1ccccc1NCC(O)CCl. The van der Waals surface area contributed by atoms with Gasteiger partial charge in [0, 0.05) is 12.2 Å². The van der Waals surface area contributed by atoms with Crippen molar-refractivity contribution in [1.29, 1.82) is 0 Å². The van der Waals surface area contributed by atoms with Crippen LogP contribution in [0.4, 0.5) is 5.69 Å². The number of anilines is 1. The van der Waals surface area contributed by atoms with Gasteiger partial charge in [-0.1, -0.05) is 12.1 Å². The first-order chi connectivity index (χ1) is 7.15. The summed E-state index contributed by atoms with van der Waals surface area (Å²) in [5.74, 6) is -0.888. The Balaban J connectivity index is 2.72. The smallest absolute Gasteiger partial charge is 0.337 e. The zero-order valence-electron chi connectivity index (χ0n) is 7.98. The van der Waals surface area contributed by atoms with E-state index < -0.39 is 12.1 Å². The number of para-hydroxylation sites is 1. The molecule has 1 rings (SSSR count). The van der Waals surface area contributed by atoms with Gasteiger partial charge in [-0.3, -0.25) is 0 Å². The third-order valence-electron chi connectivity index (χ3n) is 1.86. The summed E-state index contributed by atoms with van der Waals surface area (Å²) in [5, 5.41) is 20.9. The molecule has 0 aliphatic rings. The molecule has 0 heterocycles. The van der Waals surface area contributed by atoms with E-state index in [1.165, 1.54) is 6.07 Å². The van der Waals surface area contributed by atoms with Crippen molar-refractivity contribution < 1.29 is 15.0 Å². The van der Waals surface area contributed by atoms with Crippen LogP contribution in [-0.4, -0.2) is 34.7 Å². The van der Waals surface area contributed by atoms with E-state index >= 15 is 0 Å². The zero-order chi connectivity index (χ0) is 11.3. The number of aliphatic hydroxyl groups excluding tert-OH is 1. The van der Waals surface area contributed by atoms with E-state index in [1.54, 1.807) is 18.2 Å². The van der Waals surface area contributed by atoms with E-state index in [0.717, 1.165) is 0 Å². The molecule has 0 aromatic heterocycles. The molecule has 0 bridgehead atoms. The Kier molecular flexibility index (Phi) is 4.39. The summed E-state index contributed by atoms with van der Waals surface area (Å²) in [5.41, 5.74) is 0.661. The first kappa shape index (κ1) is 11.8. The monoisotopic (exact) mass is 229 g/mol. The third-order valence-corrected chi connectivity index (χ3v) is 2.22. The molecule has 1 unspecified atom stereocenters. The van der Waals surface area contributed by atoms with Crippen LogP contribution < -0.4 is 5.32 Å². The van der Waals surface area contributed by atoms with Crippen molar-refractivity contribution in [2.75, 3.05) is 17.7 Å². The second-order valence-corrected chi connectivity index (χ2v) is 3.35. The molecule has 1 atom stereocenters. The van der Waals surface area contributed by atoms with Crippen LogP contribution in [0.25, 0.3) is 0 Å². The average molecular weight is 230 g/mol. The molecule has 4 nitrogen and oxygen atoms in total. The first-order valence-corrected chi connectivity index (χ1v) is 4.99. The van der Waals surface area contributed by atoms with Crippen LogP contribution in [0.5, 0.6) is 0 Å². The summed E-state index contributed by atoms with van der Waals surface area (Å²) >= 11 is 5.41. The number of rotatable bonds is 5. The van der Waals surface area contributed by atoms with Gasteiger partial charge in [0.05, 0.1) is 17.5 Å². The number of nitrogens with one attached hydrogen (secondary N) is 1. The van der Waals surface area contributed by atoms with Crippen LogP contribution in [0.15, 0.2) is 24.3 Å². The molecule has 1 aromatic carbocycles. The maximum absolute atomic E-state index is 10.8. The normalized spacial score (nSPS) is 12.1. The lowest BCUT2D eigenvalue weighted by Gasteiger charge is -2.11. The number of alkyl halides is 1. The Morgan fingerprint density at radius 3 is 2.73 bits per heavy atom. The fraction of sp³-hybridized carbons (Fsp3) is 0.300. The molecule has 82 valence electrons. The van der Waals surface area contributed by atoms with Crippen molar-refractivity contribution >= 4 is 23.3 Å². The number of carbonyl (C=O) groups is 1. The number of carboxylic acid groups (broad SMARTS) is 1. The molecular weight excluding hydrogens is 218 g/mol. The quantitative estimate of drug-likeness (QED) is 0.668. The van der Waals surface area contributed by atoms with E-state index in [9.17, 15) is 9.90 Å². The van der Waals surface area contributed by atoms with E-state index in [1.807, 2.05) is 0 Å². The Labute approximate surface area is 92.5 Å². The molecule has 0 radical (unpaired) electrons. The van der Waals surface area contributed by atoms with E-state index in [0.29, 0.717) is 5.69 Å². The van der Waals surface area contributed by atoms with Crippen LogP contribution in [0.2, 0.25) is 0 Å². The molecular formula is C10H12ClNO3. The number of aliphatic hydroxyl groups is 1. The largest absolute Gasteiger partial charge is 0.478 e. The highest BCUT2D eigenvalue weighted by Gasteiger charge is 2.09. The Morgan fingerprint density at radius 1 is 1.47 bits per heavy atom. The number of aromatic carboxylic acids is 1. The highest BCUT2D eigenvalue weighted by atomic mass is 35.5. The van der Waals surface area contributed by atoms with Crippen LogP contribution in [-0.2, 0) is 0 Å². The molecule has 0 aliphatic carbocycles. The van der Waals surface area contributed by atoms with E-state index in [4.69, 9.17) is 16.7 Å². The predicted molar refractivity (Wildman–Crippen MR) is 58.6 cm³/mol. The van der Waals surface area contributed by atoms with Gasteiger partial charge in [0.15, 0.2) is 0 Å². The van der Waals surface area contributed by atoms with Crippen molar-refractivity contribution in [1.82, 2.24) is 0 Å². The summed E-state index contributed by atoms with van der Waals surface area (Å²) < 4.78 is 0. The summed E-state index contributed by atoms with van der Waals surface area (Å²) in [6.45, 7) is 0.230. The fourth-order valence-electron chi connectivity index (χ4n) is 1.11. The minimum Gasteiger partial charge on any atom is -0.478 e. The van der Waals surface area contributed by atoms with Gasteiger partial charge < -0.3 is 15.5 Å². The lowest BCUT2D eigenvalue weighted by atomic mass is 10.2. The minimum atomic E-state index is -1.00. The number of hydrogen-bond donors (Lipinski definition) is 3. The van der Waals surface area contributed by atoms with Crippen molar-refractivity contribution in [3.63, 3.8) is 0 Å². The van der Waals surface area contributed by atoms with Crippen molar-refractivity contribution in [2.45, 2.75) is 6.10 Å². The molecule has 0 spiro atoms. The van der Waals surface area contributed by atoms with Crippen molar-refractivity contribution in [2.24, 2.45) is 0 Å². The van der Waals surface area contributed by atoms with Crippen LogP contribution in [0.1, 0.15) is 10.4 Å². The van der Waals surface area contributed by atoms with Crippen LogP contribution >= 0.6 is 11.6 Å². The van der Waals surface area contributed by atoms with Crippen LogP contribution in [0.3, 0.4) is 0 Å². The molecule has 0 fully saturated rings. The van der Waals surface area contributed by atoms with Gasteiger partial charge in [-0.2, -0.15) is 0 Å². The van der Waals surface area contributed by atoms with E-state index in [-0.39, 0.29) is 18.0 Å². The average Bonchev–Trinajstić information content (AvgIpc) is 2.26. The Hall–Kier alpha value is -1.26. The Morgan fingerprint density at radius 2 is 2.13 bits per heavy atom. The van der Waals surface area contributed by atoms with Crippen molar-refractivity contribution in [3.05, 3.63) is 29.8 Å². The van der Waals surface area contributed by atoms with E-state index in [2.05, 4.69) is 5.32 Å². The topological polar surface area (TPSA) is 69.6 Å². The fourth-order valence-corrected chi connectivity index (χ4v) is 1.22. The maximum atomic E-state index is 10.8. The van der Waals surface area contributed by atoms with Gasteiger partial charge in [-0.25, -0.2) is 4.79 Å². The summed E-state index contributed by atoms with van der Waals surface area (Å²) in [6.07, 6.45) is -0.687. The van der Waals surface area contributed by atoms with Crippen molar-refractivity contribution in [3.8, 4) is 0 Å². The minimum absolute atomic E-state index is 0.113. The lowest BCUT2D eigenvalue weighted by Crippen LogP contribution is -2.21. The highest BCUT2D eigenvalue weighted by molar-refractivity contribution is 6.18. The third kappa shape index (κ3) is 3.42. The zero-order valence-corrected chi connectivity index (χ0v) is 8.74. The van der Waals surface area contributed by atoms with Gasteiger partial charge in [0.2, 0.25) is 0 Å². The number of carboxylic acids is 1. The molecule has 5 heteroatoms.